The van der Waals surface area contributed by atoms with Crippen molar-refractivity contribution in [2.24, 2.45) is 0 Å². The van der Waals surface area contributed by atoms with Crippen LogP contribution in [-0.2, 0) is 18.8 Å². The van der Waals surface area contributed by atoms with Crippen LogP contribution in [0.2, 0.25) is 0 Å². The standard InChI is InChI=1S/C27H25N3O7/c1-36-19-11-7-17(8-12-19)15-28-25-23(30(34)35)26(32)24(31)21-5-3-4-6-22(21)27(26,33)29(25)16-18-9-13-20(37-2)14-10-18/h3-14,28,32-33H,15-16H2,1-2H3/t26-,27+/m0/s1. The molecule has 1 heterocycles. The Morgan fingerprint density at radius 1 is 0.919 bits per heavy atom. The number of methoxy groups -OCH3 is 2. The third-order valence-corrected chi connectivity index (χ3v) is 6.91. The highest BCUT2D eigenvalue weighted by Gasteiger charge is 2.77. The summed E-state index contributed by atoms with van der Waals surface area (Å²) < 4.78 is 10.4. The molecule has 0 bridgehead atoms. The molecule has 0 aromatic heterocycles. The van der Waals surface area contributed by atoms with Gasteiger partial charge in [-0.15, -0.1) is 0 Å². The summed E-state index contributed by atoms with van der Waals surface area (Å²) in [6, 6.07) is 20.1. The molecule has 37 heavy (non-hydrogen) atoms. The van der Waals surface area contributed by atoms with Crippen LogP contribution in [0.3, 0.4) is 0 Å². The van der Waals surface area contributed by atoms with E-state index in [-0.39, 0.29) is 30.0 Å². The van der Waals surface area contributed by atoms with Gasteiger partial charge in [-0.05, 0) is 35.4 Å². The number of ether oxygens (including phenoxy) is 2. The van der Waals surface area contributed by atoms with E-state index in [1.165, 1.54) is 24.1 Å². The topological polar surface area (TPSA) is 134 Å². The average molecular weight is 504 g/mol. The molecular formula is C27H25N3O7. The quantitative estimate of drug-likeness (QED) is 0.313. The molecule has 3 aromatic rings. The number of benzene rings is 3. The van der Waals surface area contributed by atoms with Crippen LogP contribution in [0.1, 0.15) is 27.0 Å². The van der Waals surface area contributed by atoms with E-state index in [0.717, 1.165) is 5.56 Å². The Kier molecular flexibility index (Phi) is 5.85. The Morgan fingerprint density at radius 3 is 2.05 bits per heavy atom. The molecule has 5 rings (SSSR count). The number of Topliss-reactive ketones (excluding diaryl/α,β-unsaturated/α-hetero) is 1. The zero-order chi connectivity index (χ0) is 26.4. The zero-order valence-corrected chi connectivity index (χ0v) is 20.2. The van der Waals surface area contributed by atoms with E-state index >= 15 is 0 Å². The molecule has 3 aromatic carbocycles. The van der Waals surface area contributed by atoms with Crippen LogP contribution < -0.4 is 14.8 Å². The molecule has 2 atom stereocenters. The van der Waals surface area contributed by atoms with Gasteiger partial charge in [-0.2, -0.15) is 0 Å². The minimum Gasteiger partial charge on any atom is -0.497 e. The maximum atomic E-state index is 13.5. The normalized spacial score (nSPS) is 22.1. The number of rotatable bonds is 8. The smallest absolute Gasteiger partial charge is 0.330 e. The molecular weight excluding hydrogens is 478 g/mol. The number of aliphatic hydroxyl groups is 2. The fourth-order valence-corrected chi connectivity index (χ4v) is 5.04. The van der Waals surface area contributed by atoms with Gasteiger partial charge in [0.1, 0.15) is 11.5 Å². The Bertz CT molecular complexity index is 1400. The lowest BCUT2D eigenvalue weighted by molar-refractivity contribution is -0.445. The van der Waals surface area contributed by atoms with Gasteiger partial charge in [0.2, 0.25) is 11.5 Å². The van der Waals surface area contributed by atoms with E-state index in [1.54, 1.807) is 67.8 Å². The summed E-state index contributed by atoms with van der Waals surface area (Å²) in [6.07, 6.45) is 0. The van der Waals surface area contributed by atoms with Crippen LogP contribution in [0.5, 0.6) is 11.5 Å². The molecule has 0 radical (unpaired) electrons. The number of carbonyl (C=O) groups is 1. The third kappa shape index (κ3) is 3.52. The van der Waals surface area contributed by atoms with E-state index in [9.17, 15) is 25.1 Å². The molecule has 1 aliphatic carbocycles. The maximum absolute atomic E-state index is 13.5. The Morgan fingerprint density at radius 2 is 1.49 bits per heavy atom. The number of hydrogen-bond acceptors (Lipinski definition) is 9. The summed E-state index contributed by atoms with van der Waals surface area (Å²) in [6.45, 7) is 0.0739. The first-order valence-corrected chi connectivity index (χ1v) is 11.5. The van der Waals surface area contributed by atoms with Crippen molar-refractivity contribution >= 4 is 5.78 Å². The summed E-state index contributed by atoms with van der Waals surface area (Å²) in [7, 11) is 3.08. The van der Waals surface area contributed by atoms with Crippen molar-refractivity contribution in [3.8, 4) is 11.5 Å². The number of nitro groups is 1. The van der Waals surface area contributed by atoms with Crippen molar-refractivity contribution in [3.05, 3.63) is 117 Å². The number of fused-ring (bicyclic) bond motifs is 3. The first kappa shape index (κ1) is 24.3. The number of ketones is 1. The second-order valence-corrected chi connectivity index (χ2v) is 8.85. The molecule has 0 saturated carbocycles. The maximum Gasteiger partial charge on any atom is 0.330 e. The lowest BCUT2D eigenvalue weighted by Crippen LogP contribution is -2.57. The van der Waals surface area contributed by atoms with Gasteiger partial charge in [-0.3, -0.25) is 14.9 Å². The molecule has 10 heteroatoms. The third-order valence-electron chi connectivity index (χ3n) is 6.91. The van der Waals surface area contributed by atoms with Crippen molar-refractivity contribution in [2.45, 2.75) is 24.4 Å². The summed E-state index contributed by atoms with van der Waals surface area (Å²) in [5.74, 6) is 0.181. The summed E-state index contributed by atoms with van der Waals surface area (Å²) in [4.78, 5) is 26.3. The van der Waals surface area contributed by atoms with Gasteiger partial charge in [-0.1, -0.05) is 48.5 Å². The van der Waals surface area contributed by atoms with E-state index in [1.807, 2.05) is 0 Å². The lowest BCUT2D eigenvalue weighted by atomic mass is 9.89. The number of nitrogens with zero attached hydrogens (tertiary/aromatic N) is 2. The Labute approximate surface area is 212 Å². The van der Waals surface area contributed by atoms with E-state index < -0.39 is 27.7 Å². The molecule has 0 fully saturated rings. The largest absolute Gasteiger partial charge is 0.497 e. The van der Waals surface area contributed by atoms with Gasteiger partial charge >= 0.3 is 5.70 Å². The Balaban J connectivity index is 1.63. The number of hydrogen-bond donors (Lipinski definition) is 3. The van der Waals surface area contributed by atoms with E-state index in [4.69, 9.17) is 9.47 Å². The predicted molar refractivity (Wildman–Crippen MR) is 132 cm³/mol. The highest BCUT2D eigenvalue weighted by atomic mass is 16.6. The van der Waals surface area contributed by atoms with Gasteiger partial charge in [-0.25, -0.2) is 0 Å². The van der Waals surface area contributed by atoms with Crippen LogP contribution in [0, 0.1) is 10.1 Å². The molecule has 190 valence electrons. The summed E-state index contributed by atoms with van der Waals surface area (Å²) >= 11 is 0. The van der Waals surface area contributed by atoms with Crippen molar-refractivity contribution in [1.82, 2.24) is 10.2 Å². The number of carbonyl (C=O) groups excluding carboxylic acids is 1. The second-order valence-electron chi connectivity index (χ2n) is 8.85. The van der Waals surface area contributed by atoms with E-state index in [2.05, 4.69) is 5.32 Å². The van der Waals surface area contributed by atoms with E-state index in [0.29, 0.717) is 17.1 Å². The molecule has 1 aliphatic heterocycles. The average Bonchev–Trinajstić information content (AvgIpc) is 3.22. The van der Waals surface area contributed by atoms with Gasteiger partial charge < -0.3 is 29.9 Å². The summed E-state index contributed by atoms with van der Waals surface area (Å²) in [5, 5.41) is 39.3. The monoisotopic (exact) mass is 503 g/mol. The number of nitrogens with one attached hydrogen (secondary N) is 1. The first-order valence-electron chi connectivity index (χ1n) is 11.5. The van der Waals surface area contributed by atoms with Crippen molar-refractivity contribution in [3.63, 3.8) is 0 Å². The molecule has 10 nitrogen and oxygen atoms in total. The molecule has 0 saturated heterocycles. The van der Waals surface area contributed by atoms with Crippen LogP contribution in [-0.4, -0.2) is 45.6 Å². The van der Waals surface area contributed by atoms with Gasteiger partial charge in [0.15, 0.2) is 5.82 Å². The van der Waals surface area contributed by atoms with Crippen LogP contribution in [0.15, 0.2) is 84.3 Å². The Hall–Kier alpha value is -4.41. The SMILES string of the molecule is COc1ccc(CNC2=C([N+](=O)[O-])[C@]3(O)C(=O)c4ccccc4[C@]3(O)N2Cc2ccc(OC)cc2)cc1. The van der Waals surface area contributed by atoms with Gasteiger partial charge in [0.05, 0.1) is 19.1 Å². The van der Waals surface area contributed by atoms with Crippen LogP contribution in [0.4, 0.5) is 0 Å². The van der Waals surface area contributed by atoms with Crippen molar-refractivity contribution in [1.29, 1.82) is 0 Å². The minimum atomic E-state index is -2.82. The van der Waals surface area contributed by atoms with Crippen molar-refractivity contribution in [2.75, 3.05) is 14.2 Å². The molecule has 3 N–H and O–H groups in total. The van der Waals surface area contributed by atoms with Gasteiger partial charge in [0, 0.05) is 24.2 Å². The highest BCUT2D eigenvalue weighted by molar-refractivity contribution is 6.10. The molecule has 0 spiro atoms. The second kappa shape index (κ2) is 8.91. The fraction of sp³-hybridized carbons (Fsp3) is 0.222. The fourth-order valence-electron chi connectivity index (χ4n) is 5.04. The predicted octanol–water partition coefficient (Wildman–Crippen LogP) is 2.53. The summed E-state index contributed by atoms with van der Waals surface area (Å²) in [5.41, 5.74) is -4.49. The van der Waals surface area contributed by atoms with Crippen LogP contribution >= 0.6 is 0 Å². The van der Waals surface area contributed by atoms with Crippen LogP contribution in [0.25, 0.3) is 0 Å². The lowest BCUT2D eigenvalue weighted by Gasteiger charge is -2.38. The zero-order valence-electron chi connectivity index (χ0n) is 20.2. The molecule has 0 amide bonds. The molecule has 0 unspecified atom stereocenters. The highest BCUT2D eigenvalue weighted by Crippen LogP contribution is 2.56. The molecule has 2 aliphatic rings. The first-order chi connectivity index (χ1) is 17.7. The minimum absolute atomic E-state index is 0.0285. The van der Waals surface area contributed by atoms with Gasteiger partial charge in [0.25, 0.3) is 5.60 Å². The van der Waals surface area contributed by atoms with Crippen molar-refractivity contribution < 1.29 is 29.4 Å².